The van der Waals surface area contributed by atoms with Crippen molar-refractivity contribution in [1.82, 2.24) is 0 Å². The summed E-state index contributed by atoms with van der Waals surface area (Å²) in [6, 6.07) is 12.1. The molecule has 1 aliphatic rings. The summed E-state index contributed by atoms with van der Waals surface area (Å²) in [5, 5.41) is 18.2. The smallest absolute Gasteiger partial charge is 0.133 e. The number of hydrogen-bond donors (Lipinski definition) is 0. The topological polar surface area (TPSA) is 47.6 Å². The lowest BCUT2D eigenvalue weighted by atomic mass is 9.95. The van der Waals surface area contributed by atoms with Crippen molar-refractivity contribution in [3.8, 4) is 12.1 Å². The van der Waals surface area contributed by atoms with Crippen LogP contribution in [0.3, 0.4) is 0 Å². The lowest BCUT2D eigenvalue weighted by Gasteiger charge is -2.07. The SMILES string of the molecule is Cc1ccc(/C=C/C(=C(C#N)C#N)C2C=CC=C2)cc1. The van der Waals surface area contributed by atoms with E-state index >= 15 is 0 Å². The first-order valence-electron chi connectivity index (χ1n) is 6.38. The van der Waals surface area contributed by atoms with Crippen LogP contribution in [-0.2, 0) is 0 Å². The van der Waals surface area contributed by atoms with E-state index in [2.05, 4.69) is 0 Å². The average Bonchev–Trinajstić information content (AvgIpc) is 2.99. The number of nitriles is 2. The van der Waals surface area contributed by atoms with E-state index in [1.165, 1.54) is 5.56 Å². The molecule has 2 nitrogen and oxygen atoms in total. The maximum absolute atomic E-state index is 9.08. The van der Waals surface area contributed by atoms with Crippen LogP contribution in [0.1, 0.15) is 11.1 Å². The lowest BCUT2D eigenvalue weighted by molar-refractivity contribution is 1.02. The minimum atomic E-state index is 0.00555. The summed E-state index contributed by atoms with van der Waals surface area (Å²) in [6.45, 7) is 2.04. The Kier molecular flexibility index (Phi) is 4.32. The Morgan fingerprint density at radius 3 is 2.20 bits per heavy atom. The Morgan fingerprint density at radius 1 is 1.05 bits per heavy atom. The zero-order chi connectivity index (χ0) is 14.4. The summed E-state index contributed by atoms with van der Waals surface area (Å²) < 4.78 is 0. The molecular formula is C18H14N2. The first kappa shape index (κ1) is 13.6. The van der Waals surface area contributed by atoms with Crippen LogP contribution < -0.4 is 0 Å². The Morgan fingerprint density at radius 2 is 1.65 bits per heavy atom. The van der Waals surface area contributed by atoms with Gasteiger partial charge in [0.1, 0.15) is 17.7 Å². The summed E-state index contributed by atoms with van der Waals surface area (Å²) in [5.74, 6) is 0.00555. The van der Waals surface area contributed by atoms with E-state index in [0.29, 0.717) is 0 Å². The molecule has 0 saturated carbocycles. The van der Waals surface area contributed by atoms with Gasteiger partial charge in [-0.25, -0.2) is 0 Å². The fourth-order valence-corrected chi connectivity index (χ4v) is 2.02. The van der Waals surface area contributed by atoms with E-state index in [0.717, 1.165) is 11.1 Å². The van der Waals surface area contributed by atoms with Crippen molar-refractivity contribution in [2.45, 2.75) is 6.92 Å². The van der Waals surface area contributed by atoms with Gasteiger partial charge in [0.05, 0.1) is 0 Å². The highest BCUT2D eigenvalue weighted by Gasteiger charge is 2.13. The molecule has 2 rings (SSSR count). The summed E-state index contributed by atoms with van der Waals surface area (Å²) in [6.07, 6.45) is 11.6. The molecule has 0 spiro atoms. The van der Waals surface area contributed by atoms with Gasteiger partial charge in [0.25, 0.3) is 0 Å². The summed E-state index contributed by atoms with van der Waals surface area (Å²) >= 11 is 0. The summed E-state index contributed by atoms with van der Waals surface area (Å²) in [4.78, 5) is 0. The number of nitrogens with zero attached hydrogens (tertiary/aromatic N) is 2. The van der Waals surface area contributed by atoms with Gasteiger partial charge >= 0.3 is 0 Å². The molecule has 1 aliphatic carbocycles. The van der Waals surface area contributed by atoms with E-state index in [4.69, 9.17) is 10.5 Å². The molecular weight excluding hydrogens is 244 g/mol. The number of allylic oxidation sites excluding steroid dienone is 7. The Labute approximate surface area is 119 Å². The van der Waals surface area contributed by atoms with Crippen LogP contribution in [0.15, 0.2) is 65.8 Å². The van der Waals surface area contributed by atoms with E-state index < -0.39 is 0 Å². The van der Waals surface area contributed by atoms with Gasteiger partial charge in [0.2, 0.25) is 0 Å². The van der Waals surface area contributed by atoms with E-state index in [-0.39, 0.29) is 11.5 Å². The van der Waals surface area contributed by atoms with Gasteiger partial charge in [0, 0.05) is 5.92 Å². The third kappa shape index (κ3) is 3.13. The Balaban J connectivity index is 2.34. The van der Waals surface area contributed by atoms with Crippen LogP contribution in [0.2, 0.25) is 0 Å². The summed E-state index contributed by atoms with van der Waals surface area (Å²) in [5.41, 5.74) is 3.15. The van der Waals surface area contributed by atoms with Crippen molar-refractivity contribution >= 4 is 6.08 Å². The van der Waals surface area contributed by atoms with E-state index in [1.54, 1.807) is 0 Å². The highest BCUT2D eigenvalue weighted by atomic mass is 14.3. The van der Waals surface area contributed by atoms with Crippen LogP contribution in [0, 0.1) is 35.5 Å². The van der Waals surface area contributed by atoms with Crippen LogP contribution in [-0.4, -0.2) is 0 Å². The second-order valence-electron chi connectivity index (χ2n) is 4.59. The van der Waals surface area contributed by atoms with Gasteiger partial charge in [-0.15, -0.1) is 0 Å². The zero-order valence-corrected chi connectivity index (χ0v) is 11.2. The fraction of sp³-hybridized carbons (Fsp3) is 0.111. The second kappa shape index (κ2) is 6.36. The molecule has 1 aromatic carbocycles. The number of benzene rings is 1. The van der Waals surface area contributed by atoms with Crippen molar-refractivity contribution < 1.29 is 0 Å². The number of hydrogen-bond acceptors (Lipinski definition) is 2. The quantitative estimate of drug-likeness (QED) is 0.605. The predicted molar refractivity (Wildman–Crippen MR) is 80.2 cm³/mol. The normalized spacial score (nSPS) is 13.3. The molecule has 0 aliphatic heterocycles. The van der Waals surface area contributed by atoms with Crippen LogP contribution in [0.4, 0.5) is 0 Å². The molecule has 96 valence electrons. The zero-order valence-electron chi connectivity index (χ0n) is 11.2. The standard InChI is InChI=1S/C18H14N2/c1-14-6-8-15(9-7-14)10-11-18(17(12-19)13-20)16-4-2-3-5-16/h2-11,16H,1H3/b11-10+. The first-order chi connectivity index (χ1) is 9.74. The number of rotatable bonds is 3. The van der Waals surface area contributed by atoms with Gasteiger partial charge in [0.15, 0.2) is 0 Å². The molecule has 0 fully saturated rings. The third-order valence-electron chi connectivity index (χ3n) is 3.15. The molecule has 1 aromatic rings. The van der Waals surface area contributed by atoms with Gasteiger partial charge in [-0.05, 0) is 18.1 Å². The second-order valence-corrected chi connectivity index (χ2v) is 4.59. The number of aryl methyl sites for hydroxylation is 1. The van der Waals surface area contributed by atoms with E-state index in [1.807, 2.05) is 79.8 Å². The average molecular weight is 258 g/mol. The highest BCUT2D eigenvalue weighted by molar-refractivity contribution is 5.59. The molecule has 20 heavy (non-hydrogen) atoms. The maximum Gasteiger partial charge on any atom is 0.133 e. The van der Waals surface area contributed by atoms with Gasteiger partial charge in [-0.3, -0.25) is 0 Å². The molecule has 0 N–H and O–H groups in total. The highest BCUT2D eigenvalue weighted by Crippen LogP contribution is 2.24. The van der Waals surface area contributed by atoms with Crippen LogP contribution in [0.25, 0.3) is 6.08 Å². The molecule has 0 saturated heterocycles. The summed E-state index contributed by atoms with van der Waals surface area (Å²) in [7, 11) is 0. The van der Waals surface area contributed by atoms with Crippen LogP contribution in [0.5, 0.6) is 0 Å². The molecule has 0 aromatic heterocycles. The van der Waals surface area contributed by atoms with Gasteiger partial charge in [-0.2, -0.15) is 10.5 Å². The van der Waals surface area contributed by atoms with Crippen molar-refractivity contribution in [2.24, 2.45) is 5.92 Å². The molecule has 0 amide bonds. The van der Waals surface area contributed by atoms with Gasteiger partial charge < -0.3 is 0 Å². The predicted octanol–water partition coefficient (Wildman–Crippen LogP) is 4.09. The molecule has 2 heteroatoms. The lowest BCUT2D eigenvalue weighted by Crippen LogP contribution is -1.96. The monoisotopic (exact) mass is 258 g/mol. The maximum atomic E-state index is 9.08. The molecule has 0 bridgehead atoms. The van der Waals surface area contributed by atoms with Crippen molar-refractivity contribution in [1.29, 1.82) is 10.5 Å². The molecule has 0 heterocycles. The van der Waals surface area contributed by atoms with Crippen LogP contribution >= 0.6 is 0 Å². The van der Waals surface area contributed by atoms with Gasteiger partial charge in [-0.1, -0.05) is 66.3 Å². The molecule has 0 unspecified atom stereocenters. The largest absolute Gasteiger partial charge is 0.192 e. The minimum Gasteiger partial charge on any atom is -0.192 e. The third-order valence-corrected chi connectivity index (χ3v) is 3.15. The van der Waals surface area contributed by atoms with E-state index in [9.17, 15) is 0 Å². The molecule has 0 radical (unpaired) electrons. The van der Waals surface area contributed by atoms with Crippen molar-refractivity contribution in [3.63, 3.8) is 0 Å². The molecule has 0 atom stereocenters. The van der Waals surface area contributed by atoms with Crippen molar-refractivity contribution in [3.05, 3.63) is 76.9 Å². The first-order valence-corrected chi connectivity index (χ1v) is 6.38. The Bertz CT molecular complexity index is 658. The van der Waals surface area contributed by atoms with Crippen molar-refractivity contribution in [2.75, 3.05) is 0 Å². The fourth-order valence-electron chi connectivity index (χ4n) is 2.02. The Hall–Kier alpha value is -2.84. The minimum absolute atomic E-state index is 0.00555.